The Hall–Kier alpha value is -2.95. The SMILES string of the molecule is CC(C)(C)NC(=O)Cc1nnn(-c2ccccc2)c1-c1ccccc1. The maximum atomic E-state index is 12.4. The van der Waals surface area contributed by atoms with E-state index in [0.29, 0.717) is 5.69 Å². The predicted octanol–water partition coefficient (Wildman–Crippen LogP) is 3.39. The number of carbonyl (C=O) groups is 1. The zero-order valence-corrected chi connectivity index (χ0v) is 14.7. The smallest absolute Gasteiger partial charge is 0.226 e. The van der Waals surface area contributed by atoms with Crippen LogP contribution < -0.4 is 5.32 Å². The Morgan fingerprint density at radius 3 is 2.20 bits per heavy atom. The summed E-state index contributed by atoms with van der Waals surface area (Å²) in [5, 5.41) is 11.6. The van der Waals surface area contributed by atoms with E-state index in [1.807, 2.05) is 81.4 Å². The van der Waals surface area contributed by atoms with Crippen molar-refractivity contribution < 1.29 is 4.79 Å². The minimum absolute atomic E-state index is 0.0650. The fourth-order valence-electron chi connectivity index (χ4n) is 2.68. The van der Waals surface area contributed by atoms with Crippen LogP contribution in [0.15, 0.2) is 60.7 Å². The minimum atomic E-state index is -0.278. The summed E-state index contributed by atoms with van der Waals surface area (Å²) in [6.45, 7) is 5.89. The van der Waals surface area contributed by atoms with E-state index in [-0.39, 0.29) is 17.9 Å². The van der Waals surface area contributed by atoms with E-state index in [1.165, 1.54) is 0 Å². The van der Waals surface area contributed by atoms with E-state index >= 15 is 0 Å². The van der Waals surface area contributed by atoms with Crippen molar-refractivity contribution in [3.63, 3.8) is 0 Å². The largest absolute Gasteiger partial charge is 0.351 e. The van der Waals surface area contributed by atoms with Crippen LogP contribution in [0.1, 0.15) is 26.5 Å². The molecule has 0 unspecified atom stereocenters. The molecule has 0 atom stereocenters. The molecule has 0 bridgehead atoms. The summed E-state index contributed by atoms with van der Waals surface area (Å²) in [6.07, 6.45) is 0.189. The normalized spacial score (nSPS) is 11.3. The zero-order chi connectivity index (χ0) is 17.9. The summed E-state index contributed by atoms with van der Waals surface area (Å²) in [7, 11) is 0. The van der Waals surface area contributed by atoms with Crippen LogP contribution in [0.3, 0.4) is 0 Å². The number of rotatable bonds is 4. The molecule has 0 fully saturated rings. The molecule has 0 saturated carbocycles. The van der Waals surface area contributed by atoms with Gasteiger partial charge in [-0.15, -0.1) is 5.10 Å². The Morgan fingerprint density at radius 1 is 1.00 bits per heavy atom. The number of nitrogens with zero attached hydrogens (tertiary/aromatic N) is 3. The van der Waals surface area contributed by atoms with Crippen LogP contribution in [0.2, 0.25) is 0 Å². The van der Waals surface area contributed by atoms with Crippen LogP contribution in [0.4, 0.5) is 0 Å². The number of benzene rings is 2. The molecule has 0 spiro atoms. The fourth-order valence-corrected chi connectivity index (χ4v) is 2.68. The maximum Gasteiger partial charge on any atom is 0.226 e. The Morgan fingerprint density at radius 2 is 1.60 bits per heavy atom. The predicted molar refractivity (Wildman–Crippen MR) is 98.4 cm³/mol. The van der Waals surface area contributed by atoms with Crippen molar-refractivity contribution in [1.82, 2.24) is 20.3 Å². The van der Waals surface area contributed by atoms with Gasteiger partial charge in [0, 0.05) is 11.1 Å². The molecule has 128 valence electrons. The van der Waals surface area contributed by atoms with Gasteiger partial charge >= 0.3 is 0 Å². The highest BCUT2D eigenvalue weighted by atomic mass is 16.1. The number of aromatic nitrogens is 3. The summed E-state index contributed by atoms with van der Waals surface area (Å²) >= 11 is 0. The molecule has 0 radical (unpaired) electrons. The summed E-state index contributed by atoms with van der Waals surface area (Å²) in [5.41, 5.74) is 3.12. The number of nitrogens with one attached hydrogen (secondary N) is 1. The van der Waals surface area contributed by atoms with Crippen LogP contribution in [-0.2, 0) is 11.2 Å². The molecular formula is C20H22N4O. The van der Waals surface area contributed by atoms with Gasteiger partial charge in [0.05, 0.1) is 17.8 Å². The van der Waals surface area contributed by atoms with Crippen LogP contribution >= 0.6 is 0 Å². The van der Waals surface area contributed by atoms with E-state index < -0.39 is 0 Å². The molecule has 2 aromatic carbocycles. The Bertz CT molecular complexity index is 848. The second kappa shape index (κ2) is 6.89. The van der Waals surface area contributed by atoms with Crippen molar-refractivity contribution in [3.8, 4) is 16.9 Å². The lowest BCUT2D eigenvalue weighted by atomic mass is 10.1. The average Bonchev–Trinajstić information content (AvgIpc) is 2.98. The number of carbonyl (C=O) groups excluding carboxylic acids is 1. The second-order valence-electron chi connectivity index (χ2n) is 6.97. The first-order chi connectivity index (χ1) is 11.9. The fraction of sp³-hybridized carbons (Fsp3) is 0.250. The van der Waals surface area contributed by atoms with Gasteiger partial charge < -0.3 is 5.32 Å². The van der Waals surface area contributed by atoms with Crippen LogP contribution in [-0.4, -0.2) is 26.4 Å². The van der Waals surface area contributed by atoms with Gasteiger partial charge in [-0.25, -0.2) is 4.68 Å². The summed E-state index contributed by atoms with van der Waals surface area (Å²) in [4.78, 5) is 12.4. The first-order valence-corrected chi connectivity index (χ1v) is 8.30. The van der Waals surface area contributed by atoms with E-state index in [0.717, 1.165) is 16.9 Å². The van der Waals surface area contributed by atoms with Crippen molar-refractivity contribution in [2.45, 2.75) is 32.7 Å². The molecule has 0 saturated heterocycles. The highest BCUT2D eigenvalue weighted by Gasteiger charge is 2.21. The highest BCUT2D eigenvalue weighted by Crippen LogP contribution is 2.25. The van der Waals surface area contributed by atoms with Gasteiger partial charge in [-0.05, 0) is 32.9 Å². The number of para-hydroxylation sites is 1. The Labute approximate surface area is 147 Å². The molecule has 1 amide bonds. The maximum absolute atomic E-state index is 12.4. The summed E-state index contributed by atoms with van der Waals surface area (Å²) in [6, 6.07) is 19.7. The van der Waals surface area contributed by atoms with Crippen molar-refractivity contribution in [2.24, 2.45) is 0 Å². The lowest BCUT2D eigenvalue weighted by Crippen LogP contribution is -2.41. The van der Waals surface area contributed by atoms with Gasteiger partial charge in [-0.3, -0.25) is 4.79 Å². The molecular weight excluding hydrogens is 312 g/mol. The van der Waals surface area contributed by atoms with Gasteiger partial charge in [0.1, 0.15) is 5.69 Å². The molecule has 3 rings (SSSR count). The van der Waals surface area contributed by atoms with Crippen molar-refractivity contribution >= 4 is 5.91 Å². The summed E-state index contributed by atoms with van der Waals surface area (Å²) in [5.74, 6) is -0.0650. The Kier molecular flexibility index (Phi) is 4.65. The monoisotopic (exact) mass is 334 g/mol. The van der Waals surface area contributed by atoms with Crippen molar-refractivity contribution in [3.05, 3.63) is 66.4 Å². The third kappa shape index (κ3) is 4.12. The standard InChI is InChI=1S/C20H22N4O/c1-20(2,3)21-18(25)14-17-19(15-10-6-4-7-11-15)24(23-22-17)16-12-8-5-9-13-16/h4-13H,14H2,1-3H3,(H,21,25). The average molecular weight is 334 g/mol. The topological polar surface area (TPSA) is 59.8 Å². The lowest BCUT2D eigenvalue weighted by molar-refractivity contribution is -0.121. The van der Waals surface area contributed by atoms with Gasteiger partial charge in [0.15, 0.2) is 0 Å². The molecule has 1 heterocycles. The summed E-state index contributed by atoms with van der Waals surface area (Å²) < 4.78 is 1.79. The lowest BCUT2D eigenvalue weighted by Gasteiger charge is -2.20. The molecule has 5 nitrogen and oxygen atoms in total. The molecule has 0 aliphatic heterocycles. The van der Waals surface area contributed by atoms with Crippen LogP contribution in [0.25, 0.3) is 16.9 Å². The van der Waals surface area contributed by atoms with Crippen LogP contribution in [0, 0.1) is 0 Å². The van der Waals surface area contributed by atoms with E-state index in [9.17, 15) is 4.79 Å². The van der Waals surface area contributed by atoms with Crippen molar-refractivity contribution in [2.75, 3.05) is 0 Å². The first kappa shape index (κ1) is 16.9. The van der Waals surface area contributed by atoms with Crippen molar-refractivity contribution in [1.29, 1.82) is 0 Å². The molecule has 25 heavy (non-hydrogen) atoms. The van der Waals surface area contributed by atoms with Gasteiger partial charge in [0.25, 0.3) is 0 Å². The van der Waals surface area contributed by atoms with E-state index in [1.54, 1.807) is 4.68 Å². The quantitative estimate of drug-likeness (QED) is 0.795. The number of hydrogen-bond donors (Lipinski definition) is 1. The van der Waals surface area contributed by atoms with Crippen LogP contribution in [0.5, 0.6) is 0 Å². The second-order valence-corrected chi connectivity index (χ2v) is 6.97. The number of hydrogen-bond acceptors (Lipinski definition) is 3. The molecule has 0 aliphatic rings. The third-order valence-corrected chi connectivity index (χ3v) is 3.63. The van der Waals surface area contributed by atoms with Gasteiger partial charge in [0.2, 0.25) is 5.91 Å². The van der Waals surface area contributed by atoms with Gasteiger partial charge in [-0.2, -0.15) is 0 Å². The number of amides is 1. The van der Waals surface area contributed by atoms with E-state index in [2.05, 4.69) is 15.6 Å². The molecule has 1 N–H and O–H groups in total. The zero-order valence-electron chi connectivity index (χ0n) is 14.7. The third-order valence-electron chi connectivity index (χ3n) is 3.63. The molecule has 1 aromatic heterocycles. The molecule has 5 heteroatoms. The minimum Gasteiger partial charge on any atom is -0.351 e. The molecule has 3 aromatic rings. The van der Waals surface area contributed by atoms with E-state index in [4.69, 9.17) is 0 Å². The first-order valence-electron chi connectivity index (χ1n) is 8.30. The van der Waals surface area contributed by atoms with Gasteiger partial charge in [-0.1, -0.05) is 53.7 Å². The Balaban J connectivity index is 2.02. The molecule has 0 aliphatic carbocycles. The highest BCUT2D eigenvalue weighted by molar-refractivity contribution is 5.81.